The summed E-state index contributed by atoms with van der Waals surface area (Å²) in [6, 6.07) is 7.72. The van der Waals surface area contributed by atoms with Crippen molar-refractivity contribution in [3.05, 3.63) is 29.8 Å². The van der Waals surface area contributed by atoms with Crippen molar-refractivity contribution in [2.45, 2.75) is 19.8 Å². The summed E-state index contributed by atoms with van der Waals surface area (Å²) in [7, 11) is 0. The number of hydrogen-bond donors (Lipinski definition) is 3. The summed E-state index contributed by atoms with van der Waals surface area (Å²) in [6.45, 7) is 3.66. The summed E-state index contributed by atoms with van der Waals surface area (Å²) in [5.41, 5.74) is 1.94. The van der Waals surface area contributed by atoms with Crippen LogP contribution in [0.1, 0.15) is 18.9 Å². The standard InChI is InChI=1S/C15H21N3O2/c1-2-11-4-3-5-13(8-11)18-14(19)10-17-15(20)12-6-7-16-9-12/h3-5,8,12,16H,2,6-7,9-10H2,1H3,(H,17,20)(H,18,19). The van der Waals surface area contributed by atoms with Gasteiger partial charge in [0, 0.05) is 12.2 Å². The SMILES string of the molecule is CCc1cccc(NC(=O)CNC(=O)C2CCNC2)c1. The van der Waals surface area contributed by atoms with Crippen molar-refractivity contribution in [3.63, 3.8) is 0 Å². The van der Waals surface area contributed by atoms with Crippen LogP contribution in [-0.2, 0) is 16.0 Å². The average Bonchev–Trinajstić information content (AvgIpc) is 2.99. The molecule has 1 saturated heterocycles. The number of benzene rings is 1. The van der Waals surface area contributed by atoms with Crippen molar-refractivity contribution in [2.24, 2.45) is 5.92 Å². The quantitative estimate of drug-likeness (QED) is 0.748. The molecule has 5 heteroatoms. The van der Waals surface area contributed by atoms with E-state index in [0.717, 1.165) is 25.1 Å². The zero-order valence-electron chi connectivity index (χ0n) is 11.7. The molecule has 1 unspecified atom stereocenters. The van der Waals surface area contributed by atoms with Crippen LogP contribution in [0.25, 0.3) is 0 Å². The Labute approximate surface area is 119 Å². The Balaban J connectivity index is 1.78. The van der Waals surface area contributed by atoms with Crippen molar-refractivity contribution in [1.82, 2.24) is 10.6 Å². The molecule has 5 nitrogen and oxygen atoms in total. The number of hydrogen-bond acceptors (Lipinski definition) is 3. The number of carbonyl (C=O) groups excluding carboxylic acids is 2. The van der Waals surface area contributed by atoms with E-state index in [9.17, 15) is 9.59 Å². The van der Waals surface area contributed by atoms with Gasteiger partial charge in [-0.05, 0) is 37.1 Å². The molecular weight excluding hydrogens is 254 g/mol. The first kappa shape index (κ1) is 14.5. The molecule has 1 atom stereocenters. The fourth-order valence-electron chi connectivity index (χ4n) is 2.26. The highest BCUT2D eigenvalue weighted by Crippen LogP contribution is 2.11. The zero-order chi connectivity index (χ0) is 14.4. The lowest BCUT2D eigenvalue weighted by atomic mass is 10.1. The molecule has 0 radical (unpaired) electrons. The van der Waals surface area contributed by atoms with Crippen LogP contribution in [0, 0.1) is 5.92 Å². The Kier molecular flexibility index (Phi) is 5.12. The number of aryl methyl sites for hydroxylation is 1. The van der Waals surface area contributed by atoms with Crippen molar-refractivity contribution >= 4 is 17.5 Å². The lowest BCUT2D eigenvalue weighted by Gasteiger charge is -2.10. The maximum absolute atomic E-state index is 11.8. The van der Waals surface area contributed by atoms with Crippen LogP contribution in [0.3, 0.4) is 0 Å². The summed E-state index contributed by atoms with van der Waals surface area (Å²) in [4.78, 5) is 23.6. The Hall–Kier alpha value is -1.88. The topological polar surface area (TPSA) is 70.2 Å². The molecule has 3 N–H and O–H groups in total. The van der Waals surface area contributed by atoms with Crippen LogP contribution in [0.15, 0.2) is 24.3 Å². The van der Waals surface area contributed by atoms with Gasteiger partial charge in [-0.1, -0.05) is 19.1 Å². The summed E-state index contributed by atoms with van der Waals surface area (Å²) < 4.78 is 0. The molecule has 1 aliphatic rings. The number of anilines is 1. The van der Waals surface area contributed by atoms with E-state index in [-0.39, 0.29) is 24.3 Å². The third-order valence-electron chi connectivity index (χ3n) is 3.47. The lowest BCUT2D eigenvalue weighted by Crippen LogP contribution is -2.37. The Morgan fingerprint density at radius 1 is 1.40 bits per heavy atom. The summed E-state index contributed by atoms with van der Waals surface area (Å²) in [6.07, 6.45) is 1.77. The molecule has 1 aromatic carbocycles. The van der Waals surface area contributed by atoms with Crippen molar-refractivity contribution in [2.75, 3.05) is 25.0 Å². The summed E-state index contributed by atoms with van der Waals surface area (Å²) >= 11 is 0. The van der Waals surface area contributed by atoms with Gasteiger partial charge in [0.2, 0.25) is 11.8 Å². The molecule has 1 aromatic rings. The first-order valence-electron chi connectivity index (χ1n) is 7.06. The lowest BCUT2D eigenvalue weighted by molar-refractivity contribution is -0.126. The molecule has 1 fully saturated rings. The Bertz CT molecular complexity index is 482. The van der Waals surface area contributed by atoms with E-state index < -0.39 is 0 Å². The minimum absolute atomic E-state index is 0.00813. The molecule has 0 aromatic heterocycles. The molecule has 1 heterocycles. The summed E-state index contributed by atoms with van der Waals surface area (Å²) in [5.74, 6) is -0.253. The molecule has 2 rings (SSSR count). The highest BCUT2D eigenvalue weighted by Gasteiger charge is 2.22. The smallest absolute Gasteiger partial charge is 0.243 e. The van der Waals surface area contributed by atoms with Crippen LogP contribution < -0.4 is 16.0 Å². The molecule has 2 amide bonds. The monoisotopic (exact) mass is 275 g/mol. The van der Waals surface area contributed by atoms with E-state index in [1.807, 2.05) is 24.3 Å². The van der Waals surface area contributed by atoms with Crippen LogP contribution in [0.5, 0.6) is 0 Å². The molecular formula is C15H21N3O2. The normalized spacial score (nSPS) is 17.8. The maximum atomic E-state index is 11.8. The highest BCUT2D eigenvalue weighted by atomic mass is 16.2. The number of carbonyl (C=O) groups is 2. The maximum Gasteiger partial charge on any atom is 0.243 e. The third-order valence-corrected chi connectivity index (χ3v) is 3.47. The van der Waals surface area contributed by atoms with Gasteiger partial charge in [-0.3, -0.25) is 9.59 Å². The van der Waals surface area contributed by atoms with Gasteiger partial charge in [-0.25, -0.2) is 0 Å². The molecule has 20 heavy (non-hydrogen) atoms. The van der Waals surface area contributed by atoms with Crippen molar-refractivity contribution in [1.29, 1.82) is 0 Å². The van der Waals surface area contributed by atoms with Crippen LogP contribution >= 0.6 is 0 Å². The minimum atomic E-state index is -0.197. The van der Waals surface area contributed by atoms with Gasteiger partial charge in [0.25, 0.3) is 0 Å². The second-order valence-electron chi connectivity index (χ2n) is 5.01. The number of rotatable bonds is 5. The highest BCUT2D eigenvalue weighted by molar-refractivity contribution is 5.94. The van der Waals surface area contributed by atoms with E-state index in [1.54, 1.807) is 0 Å². The molecule has 0 bridgehead atoms. The number of amides is 2. The van der Waals surface area contributed by atoms with Gasteiger partial charge < -0.3 is 16.0 Å². The van der Waals surface area contributed by atoms with Gasteiger partial charge in [-0.2, -0.15) is 0 Å². The molecule has 0 aliphatic carbocycles. The Morgan fingerprint density at radius 2 is 2.25 bits per heavy atom. The average molecular weight is 275 g/mol. The van der Waals surface area contributed by atoms with E-state index >= 15 is 0 Å². The first-order valence-corrected chi connectivity index (χ1v) is 7.06. The minimum Gasteiger partial charge on any atom is -0.347 e. The second kappa shape index (κ2) is 7.05. The van der Waals surface area contributed by atoms with Crippen molar-refractivity contribution in [3.8, 4) is 0 Å². The summed E-state index contributed by atoms with van der Waals surface area (Å²) in [5, 5.41) is 8.61. The molecule has 108 valence electrons. The van der Waals surface area contributed by atoms with Gasteiger partial charge in [-0.15, -0.1) is 0 Å². The zero-order valence-corrected chi connectivity index (χ0v) is 11.7. The Morgan fingerprint density at radius 3 is 2.95 bits per heavy atom. The van der Waals surface area contributed by atoms with E-state index in [4.69, 9.17) is 0 Å². The number of nitrogens with one attached hydrogen (secondary N) is 3. The fourth-order valence-corrected chi connectivity index (χ4v) is 2.26. The van der Waals surface area contributed by atoms with E-state index in [0.29, 0.717) is 6.54 Å². The predicted molar refractivity (Wildman–Crippen MR) is 78.4 cm³/mol. The largest absolute Gasteiger partial charge is 0.347 e. The third kappa shape index (κ3) is 4.06. The predicted octanol–water partition coefficient (Wildman–Crippen LogP) is 0.913. The van der Waals surface area contributed by atoms with Crippen LogP contribution in [0.2, 0.25) is 0 Å². The molecule has 0 spiro atoms. The molecule has 1 aliphatic heterocycles. The van der Waals surface area contributed by atoms with Gasteiger partial charge in [0.1, 0.15) is 0 Å². The van der Waals surface area contributed by atoms with Gasteiger partial charge >= 0.3 is 0 Å². The van der Waals surface area contributed by atoms with Crippen LogP contribution in [-0.4, -0.2) is 31.4 Å². The second-order valence-corrected chi connectivity index (χ2v) is 5.01. The van der Waals surface area contributed by atoms with Gasteiger partial charge in [0.05, 0.1) is 12.5 Å². The van der Waals surface area contributed by atoms with Crippen molar-refractivity contribution < 1.29 is 9.59 Å². The van der Waals surface area contributed by atoms with Gasteiger partial charge in [0.15, 0.2) is 0 Å². The van der Waals surface area contributed by atoms with Crippen LogP contribution in [0.4, 0.5) is 5.69 Å². The molecule has 0 saturated carbocycles. The first-order chi connectivity index (χ1) is 9.69. The van der Waals surface area contributed by atoms with E-state index in [1.165, 1.54) is 5.56 Å². The van der Waals surface area contributed by atoms with E-state index in [2.05, 4.69) is 22.9 Å². The fraction of sp³-hybridized carbons (Fsp3) is 0.467.